The number of fused-ring (bicyclic) bond motifs is 3. The van der Waals surface area contributed by atoms with Gasteiger partial charge in [0.05, 0.1) is 11.5 Å². The summed E-state index contributed by atoms with van der Waals surface area (Å²) >= 11 is 0. The van der Waals surface area contributed by atoms with Crippen LogP contribution in [-0.4, -0.2) is 11.1 Å². The third-order valence-corrected chi connectivity index (χ3v) is 7.20. The Morgan fingerprint density at radius 3 is 2.69 bits per heavy atom. The van der Waals surface area contributed by atoms with Gasteiger partial charge >= 0.3 is 0 Å². The Bertz CT molecular complexity index is 919. The molecule has 1 saturated heterocycles. The first-order chi connectivity index (χ1) is 14.2. The summed E-state index contributed by atoms with van der Waals surface area (Å²) in [6, 6.07) is 10.7. The molecular weight excluding hydrogens is 361 g/mol. The number of benzene rings is 1. The second-order valence-corrected chi connectivity index (χ2v) is 8.92. The molecule has 2 nitrogen and oxygen atoms in total. The van der Waals surface area contributed by atoms with E-state index in [0.29, 0.717) is 17.9 Å². The molecule has 0 bridgehead atoms. The molecule has 5 rings (SSSR count). The second-order valence-electron chi connectivity index (χ2n) is 8.92. The van der Waals surface area contributed by atoms with Crippen molar-refractivity contribution >= 4 is 6.08 Å². The molecule has 2 aliphatic carbocycles. The number of halogens is 1. The van der Waals surface area contributed by atoms with E-state index in [1.54, 1.807) is 12.1 Å². The molecule has 29 heavy (non-hydrogen) atoms. The van der Waals surface area contributed by atoms with Crippen molar-refractivity contribution < 1.29 is 9.13 Å². The maximum absolute atomic E-state index is 13.5. The predicted molar refractivity (Wildman–Crippen MR) is 114 cm³/mol. The molecule has 150 valence electrons. The molecule has 2 aromatic rings. The summed E-state index contributed by atoms with van der Waals surface area (Å²) in [4.78, 5) is 4.60. The fourth-order valence-corrected chi connectivity index (χ4v) is 5.87. The molecule has 0 unspecified atom stereocenters. The Morgan fingerprint density at radius 1 is 1.03 bits per heavy atom. The summed E-state index contributed by atoms with van der Waals surface area (Å²) in [7, 11) is 0. The van der Waals surface area contributed by atoms with Crippen molar-refractivity contribution in [1.29, 1.82) is 0 Å². The van der Waals surface area contributed by atoms with Gasteiger partial charge in [0.15, 0.2) is 0 Å². The molecule has 3 heteroatoms. The highest BCUT2D eigenvalue weighted by Gasteiger charge is 2.48. The standard InChI is InChI=1S/C26H28FNO/c1-17-13-25-24-8-3-2-7-23(24)19(15-26(25)29-17)9-11-22-12-10-20(16-28-22)18-5-4-6-21(27)14-18/h4-6,9-12,14,16,19,23-26H,1-3,7-8,13,15H2/b11-9+/t19-,23+,24-,25+,26-/m1/s1. The largest absolute Gasteiger partial charge is 0.495 e. The lowest BCUT2D eigenvalue weighted by atomic mass is 9.60. The van der Waals surface area contributed by atoms with E-state index in [2.05, 4.69) is 23.7 Å². The number of hydrogen-bond acceptors (Lipinski definition) is 2. The van der Waals surface area contributed by atoms with Gasteiger partial charge in [0.2, 0.25) is 0 Å². The smallest absolute Gasteiger partial charge is 0.123 e. The predicted octanol–water partition coefficient (Wildman–Crippen LogP) is 6.65. The van der Waals surface area contributed by atoms with Crippen LogP contribution in [0, 0.1) is 29.5 Å². The Balaban J connectivity index is 1.33. The first kappa shape index (κ1) is 18.6. The number of pyridine rings is 1. The van der Waals surface area contributed by atoms with Gasteiger partial charge in [-0.25, -0.2) is 4.39 Å². The van der Waals surface area contributed by atoms with Crippen molar-refractivity contribution in [2.75, 3.05) is 0 Å². The topological polar surface area (TPSA) is 22.1 Å². The monoisotopic (exact) mass is 389 g/mol. The average Bonchev–Trinajstić information content (AvgIpc) is 3.13. The highest BCUT2D eigenvalue weighted by molar-refractivity contribution is 5.63. The number of rotatable bonds is 3. The number of hydrogen-bond donors (Lipinski definition) is 0. The fourth-order valence-electron chi connectivity index (χ4n) is 5.87. The van der Waals surface area contributed by atoms with Crippen molar-refractivity contribution in [1.82, 2.24) is 4.98 Å². The number of nitrogens with zero attached hydrogens (tertiary/aromatic N) is 1. The zero-order valence-corrected chi connectivity index (χ0v) is 16.8. The van der Waals surface area contributed by atoms with Crippen LogP contribution in [0.5, 0.6) is 0 Å². The lowest BCUT2D eigenvalue weighted by Gasteiger charge is -2.45. The van der Waals surface area contributed by atoms with Crippen LogP contribution >= 0.6 is 0 Å². The van der Waals surface area contributed by atoms with Gasteiger partial charge in [-0.3, -0.25) is 4.98 Å². The highest BCUT2D eigenvalue weighted by atomic mass is 19.1. The molecule has 0 spiro atoms. The van der Waals surface area contributed by atoms with Crippen molar-refractivity contribution in [3.63, 3.8) is 0 Å². The molecule has 1 aliphatic heterocycles. The summed E-state index contributed by atoms with van der Waals surface area (Å²) in [5.74, 6) is 3.55. The lowest BCUT2D eigenvalue weighted by Crippen LogP contribution is -2.42. The molecule has 1 aromatic heterocycles. The Hall–Kier alpha value is -2.42. The number of allylic oxidation sites excluding steroid dienone is 2. The minimum Gasteiger partial charge on any atom is -0.495 e. The Labute approximate surface area is 172 Å². The first-order valence-corrected chi connectivity index (χ1v) is 10.9. The molecule has 1 aromatic carbocycles. The summed E-state index contributed by atoms with van der Waals surface area (Å²) in [5, 5.41) is 0. The van der Waals surface area contributed by atoms with Crippen LogP contribution in [0.1, 0.15) is 44.2 Å². The molecule has 2 saturated carbocycles. The van der Waals surface area contributed by atoms with Gasteiger partial charge < -0.3 is 4.74 Å². The SMILES string of the molecule is C=C1C[C@H]2[C@@H]3CCCC[C@H]3[C@H](/C=C/c3ccc(-c4cccc(F)c4)cn3)C[C@H]2O1. The van der Waals surface area contributed by atoms with Gasteiger partial charge in [0, 0.05) is 24.1 Å². The average molecular weight is 390 g/mol. The van der Waals surface area contributed by atoms with Crippen LogP contribution in [0.3, 0.4) is 0 Å². The van der Waals surface area contributed by atoms with Crippen LogP contribution in [0.4, 0.5) is 4.39 Å². The third kappa shape index (κ3) is 3.75. The van der Waals surface area contributed by atoms with Crippen molar-refractivity contribution in [3.05, 3.63) is 72.5 Å². The third-order valence-electron chi connectivity index (χ3n) is 7.20. The number of aromatic nitrogens is 1. The van der Waals surface area contributed by atoms with Crippen molar-refractivity contribution in [2.24, 2.45) is 23.7 Å². The molecule has 0 amide bonds. The minimum atomic E-state index is -0.221. The van der Waals surface area contributed by atoms with Gasteiger partial charge in [-0.15, -0.1) is 0 Å². The molecule has 0 radical (unpaired) electrons. The summed E-state index contributed by atoms with van der Waals surface area (Å²) in [5.41, 5.74) is 2.75. The van der Waals surface area contributed by atoms with E-state index in [4.69, 9.17) is 4.74 Å². The summed E-state index contributed by atoms with van der Waals surface area (Å²) in [6.07, 6.45) is 14.3. The molecule has 5 atom stereocenters. The van der Waals surface area contributed by atoms with E-state index in [9.17, 15) is 4.39 Å². The maximum atomic E-state index is 13.5. The molecular formula is C26H28FNO. The van der Waals surface area contributed by atoms with Crippen LogP contribution in [0.15, 0.2) is 61.0 Å². The second kappa shape index (κ2) is 7.78. The molecule has 0 N–H and O–H groups in total. The first-order valence-electron chi connectivity index (χ1n) is 10.9. The quantitative estimate of drug-likeness (QED) is 0.586. The van der Waals surface area contributed by atoms with Crippen LogP contribution < -0.4 is 0 Å². The van der Waals surface area contributed by atoms with Gasteiger partial charge in [-0.2, -0.15) is 0 Å². The highest BCUT2D eigenvalue weighted by Crippen LogP contribution is 2.52. The Morgan fingerprint density at radius 2 is 1.90 bits per heavy atom. The zero-order valence-electron chi connectivity index (χ0n) is 16.8. The maximum Gasteiger partial charge on any atom is 0.123 e. The van der Waals surface area contributed by atoms with Crippen LogP contribution in [0.25, 0.3) is 17.2 Å². The van der Waals surface area contributed by atoms with E-state index in [1.165, 1.54) is 31.7 Å². The van der Waals surface area contributed by atoms with E-state index in [1.807, 2.05) is 24.4 Å². The van der Waals surface area contributed by atoms with Gasteiger partial charge in [0.25, 0.3) is 0 Å². The van der Waals surface area contributed by atoms with E-state index >= 15 is 0 Å². The van der Waals surface area contributed by atoms with Gasteiger partial charge in [-0.1, -0.05) is 43.7 Å². The Kier molecular flexibility index (Phi) is 4.99. The molecule has 2 heterocycles. The van der Waals surface area contributed by atoms with Gasteiger partial charge in [-0.05, 0) is 66.9 Å². The van der Waals surface area contributed by atoms with Crippen LogP contribution in [-0.2, 0) is 4.74 Å². The van der Waals surface area contributed by atoms with Crippen molar-refractivity contribution in [3.8, 4) is 11.1 Å². The van der Waals surface area contributed by atoms with Crippen molar-refractivity contribution in [2.45, 2.75) is 44.6 Å². The summed E-state index contributed by atoms with van der Waals surface area (Å²) in [6.45, 7) is 4.10. The summed E-state index contributed by atoms with van der Waals surface area (Å²) < 4.78 is 19.6. The van der Waals surface area contributed by atoms with E-state index in [0.717, 1.165) is 47.3 Å². The van der Waals surface area contributed by atoms with Gasteiger partial charge in [0.1, 0.15) is 11.9 Å². The van der Waals surface area contributed by atoms with E-state index < -0.39 is 0 Å². The minimum absolute atomic E-state index is 0.221. The fraction of sp³-hybridized carbons (Fsp3) is 0.423. The molecule has 3 aliphatic rings. The van der Waals surface area contributed by atoms with Crippen LogP contribution in [0.2, 0.25) is 0 Å². The zero-order chi connectivity index (χ0) is 19.8. The molecule has 3 fully saturated rings. The van der Waals surface area contributed by atoms with E-state index in [-0.39, 0.29) is 5.82 Å². The number of ether oxygens (including phenoxy) is 1. The lowest BCUT2D eigenvalue weighted by molar-refractivity contribution is -0.00667. The normalized spacial score (nSPS) is 31.3.